The molecule has 1 saturated heterocycles. The molecule has 3 amide bonds. The zero-order valence-electron chi connectivity index (χ0n) is 20.1. The zero-order valence-corrected chi connectivity index (χ0v) is 20.1. The highest BCUT2D eigenvalue weighted by Crippen LogP contribution is 2.34. The summed E-state index contributed by atoms with van der Waals surface area (Å²) in [5.41, 5.74) is 9.94. The maximum absolute atomic E-state index is 12.7. The van der Waals surface area contributed by atoms with Crippen LogP contribution in [0.4, 0.5) is 16.4 Å². The number of rotatable bonds is 7. The van der Waals surface area contributed by atoms with Crippen molar-refractivity contribution in [3.8, 4) is 11.3 Å². The van der Waals surface area contributed by atoms with E-state index in [1.807, 2.05) is 29.2 Å². The van der Waals surface area contributed by atoms with Gasteiger partial charge in [0.25, 0.3) is 0 Å². The van der Waals surface area contributed by atoms with Crippen LogP contribution in [0.1, 0.15) is 43.9 Å². The molecular formula is C25H33N7O3. The predicted molar refractivity (Wildman–Crippen MR) is 133 cm³/mol. The third kappa shape index (κ3) is 5.38. The van der Waals surface area contributed by atoms with E-state index in [9.17, 15) is 9.59 Å². The summed E-state index contributed by atoms with van der Waals surface area (Å²) in [6.45, 7) is 5.53. The SMILES string of the molecule is CC1COCCN1c1nc2c(c(-c3ccc(NC(=O)NC4CC4)cc3)n1)CN(C(=O)CCCN)C2. The number of amides is 3. The summed E-state index contributed by atoms with van der Waals surface area (Å²) >= 11 is 0. The number of morpholine rings is 1. The molecule has 1 saturated carbocycles. The van der Waals surface area contributed by atoms with Crippen molar-refractivity contribution in [2.24, 2.45) is 5.73 Å². The van der Waals surface area contributed by atoms with Crippen LogP contribution in [0.5, 0.6) is 0 Å². The number of nitrogens with two attached hydrogens (primary N) is 1. The fourth-order valence-electron chi connectivity index (χ4n) is 4.51. The van der Waals surface area contributed by atoms with E-state index in [0.29, 0.717) is 57.7 Å². The van der Waals surface area contributed by atoms with E-state index < -0.39 is 0 Å². The molecular weight excluding hydrogens is 446 g/mol. The van der Waals surface area contributed by atoms with E-state index >= 15 is 0 Å². The topological polar surface area (TPSA) is 126 Å². The quantitative estimate of drug-likeness (QED) is 0.556. The molecule has 1 aromatic carbocycles. The molecule has 1 atom stereocenters. The molecule has 5 rings (SSSR count). The molecule has 186 valence electrons. The molecule has 4 N–H and O–H groups in total. The molecule has 2 aliphatic heterocycles. The molecule has 2 fully saturated rings. The first kappa shape index (κ1) is 23.5. The normalized spacial score (nSPS) is 19.4. The number of hydrogen-bond donors (Lipinski definition) is 3. The van der Waals surface area contributed by atoms with Crippen LogP contribution < -0.4 is 21.3 Å². The van der Waals surface area contributed by atoms with E-state index in [4.69, 9.17) is 20.4 Å². The monoisotopic (exact) mass is 479 g/mol. The van der Waals surface area contributed by atoms with E-state index in [-0.39, 0.29) is 18.0 Å². The Hall–Kier alpha value is -3.24. The van der Waals surface area contributed by atoms with Gasteiger partial charge in [-0.2, -0.15) is 0 Å². The second-order valence-electron chi connectivity index (χ2n) is 9.51. The molecule has 1 aromatic heterocycles. The van der Waals surface area contributed by atoms with Gasteiger partial charge in [0.2, 0.25) is 11.9 Å². The summed E-state index contributed by atoms with van der Waals surface area (Å²) in [6, 6.07) is 7.96. The molecule has 2 aromatic rings. The fraction of sp³-hybridized carbons (Fsp3) is 0.520. The number of nitrogens with one attached hydrogen (secondary N) is 2. The Bertz CT molecular complexity index is 1090. The minimum atomic E-state index is -0.182. The molecule has 35 heavy (non-hydrogen) atoms. The number of urea groups is 1. The highest BCUT2D eigenvalue weighted by molar-refractivity contribution is 5.90. The van der Waals surface area contributed by atoms with E-state index in [1.54, 1.807) is 0 Å². The molecule has 0 radical (unpaired) electrons. The molecule has 10 nitrogen and oxygen atoms in total. The van der Waals surface area contributed by atoms with E-state index in [0.717, 1.165) is 47.6 Å². The molecule has 0 spiro atoms. The van der Waals surface area contributed by atoms with Crippen molar-refractivity contribution in [2.45, 2.75) is 57.8 Å². The van der Waals surface area contributed by atoms with Gasteiger partial charge in [0, 0.05) is 35.8 Å². The number of hydrogen-bond acceptors (Lipinski definition) is 7. The predicted octanol–water partition coefficient (Wildman–Crippen LogP) is 2.23. The van der Waals surface area contributed by atoms with E-state index in [1.165, 1.54) is 0 Å². The third-order valence-electron chi connectivity index (χ3n) is 6.67. The fourth-order valence-corrected chi connectivity index (χ4v) is 4.51. The number of carbonyl (C=O) groups is 2. The lowest BCUT2D eigenvalue weighted by molar-refractivity contribution is -0.131. The van der Waals surface area contributed by atoms with Gasteiger partial charge in [0.1, 0.15) is 0 Å². The maximum atomic E-state index is 12.7. The molecule has 10 heteroatoms. The minimum absolute atomic E-state index is 0.0851. The average Bonchev–Trinajstić information content (AvgIpc) is 3.56. The Morgan fingerprint density at radius 3 is 2.69 bits per heavy atom. The Labute approximate surface area is 205 Å². The second kappa shape index (κ2) is 10.2. The number of nitrogens with zero attached hydrogens (tertiary/aromatic N) is 4. The molecule has 1 unspecified atom stereocenters. The maximum Gasteiger partial charge on any atom is 0.319 e. The van der Waals surface area contributed by atoms with Crippen molar-refractivity contribution in [1.82, 2.24) is 20.2 Å². The number of ether oxygens (including phenoxy) is 1. The number of anilines is 2. The van der Waals surface area contributed by atoms with Crippen molar-refractivity contribution in [3.05, 3.63) is 35.5 Å². The van der Waals surface area contributed by atoms with Crippen molar-refractivity contribution < 1.29 is 14.3 Å². The van der Waals surface area contributed by atoms with Crippen molar-refractivity contribution in [2.75, 3.05) is 36.5 Å². The van der Waals surface area contributed by atoms with Crippen LogP contribution in [-0.2, 0) is 22.6 Å². The first-order valence-corrected chi connectivity index (χ1v) is 12.4. The Morgan fingerprint density at radius 2 is 1.97 bits per heavy atom. The summed E-state index contributed by atoms with van der Waals surface area (Å²) in [6.07, 6.45) is 3.19. The van der Waals surface area contributed by atoms with Crippen molar-refractivity contribution in [3.63, 3.8) is 0 Å². The highest BCUT2D eigenvalue weighted by atomic mass is 16.5. The van der Waals surface area contributed by atoms with Gasteiger partial charge >= 0.3 is 6.03 Å². The summed E-state index contributed by atoms with van der Waals surface area (Å²) < 4.78 is 5.60. The van der Waals surface area contributed by atoms with Crippen LogP contribution in [0.15, 0.2) is 24.3 Å². The number of fused-ring (bicyclic) bond motifs is 1. The smallest absolute Gasteiger partial charge is 0.319 e. The first-order valence-electron chi connectivity index (χ1n) is 12.4. The Balaban J connectivity index is 1.42. The second-order valence-corrected chi connectivity index (χ2v) is 9.51. The molecule has 3 heterocycles. The molecule has 3 aliphatic rings. The standard InChI is InChI=1S/C25H33N7O3/c1-16-15-35-12-11-32(16)24-29-21-14-31(22(33)3-2-10-26)13-20(21)23(30-24)17-4-6-18(7-5-17)27-25(34)28-19-8-9-19/h4-7,16,19H,2-3,8-15,26H2,1H3,(H2,27,28,34). The van der Waals surface area contributed by atoms with Gasteiger partial charge < -0.3 is 30.9 Å². The van der Waals surface area contributed by atoms with Gasteiger partial charge in [0.15, 0.2) is 0 Å². The van der Waals surface area contributed by atoms with Crippen LogP contribution in [0.25, 0.3) is 11.3 Å². The lowest BCUT2D eigenvalue weighted by Gasteiger charge is -2.33. The van der Waals surface area contributed by atoms with E-state index in [2.05, 4.69) is 22.5 Å². The Morgan fingerprint density at radius 1 is 1.17 bits per heavy atom. The summed E-state index contributed by atoms with van der Waals surface area (Å²) in [5, 5.41) is 5.82. The minimum Gasteiger partial charge on any atom is -0.377 e. The van der Waals surface area contributed by atoms with Crippen molar-refractivity contribution >= 4 is 23.6 Å². The molecule has 0 bridgehead atoms. The lowest BCUT2D eigenvalue weighted by atomic mass is 10.1. The van der Waals surface area contributed by atoms with Crippen LogP contribution in [0.3, 0.4) is 0 Å². The van der Waals surface area contributed by atoms with Crippen LogP contribution in [0, 0.1) is 0 Å². The van der Waals surface area contributed by atoms with Gasteiger partial charge in [-0.05, 0) is 44.9 Å². The third-order valence-corrected chi connectivity index (χ3v) is 6.67. The summed E-state index contributed by atoms with van der Waals surface area (Å²) in [4.78, 5) is 38.7. The number of benzene rings is 1. The van der Waals surface area contributed by atoms with Gasteiger partial charge in [-0.3, -0.25) is 4.79 Å². The lowest BCUT2D eigenvalue weighted by Crippen LogP contribution is -2.44. The zero-order chi connectivity index (χ0) is 24.4. The number of carbonyl (C=O) groups excluding carboxylic acids is 2. The van der Waals surface area contributed by atoms with Gasteiger partial charge in [0.05, 0.1) is 43.7 Å². The van der Waals surface area contributed by atoms with Gasteiger partial charge in [-0.1, -0.05) is 12.1 Å². The van der Waals surface area contributed by atoms with Gasteiger partial charge in [-0.15, -0.1) is 0 Å². The first-order chi connectivity index (χ1) is 17.0. The van der Waals surface area contributed by atoms with Gasteiger partial charge in [-0.25, -0.2) is 14.8 Å². The largest absolute Gasteiger partial charge is 0.377 e. The van der Waals surface area contributed by atoms with Crippen LogP contribution in [0.2, 0.25) is 0 Å². The Kier molecular flexibility index (Phi) is 6.83. The molecule has 1 aliphatic carbocycles. The van der Waals surface area contributed by atoms with Crippen LogP contribution >= 0.6 is 0 Å². The van der Waals surface area contributed by atoms with Crippen LogP contribution in [-0.4, -0.2) is 65.2 Å². The summed E-state index contributed by atoms with van der Waals surface area (Å²) in [7, 11) is 0. The highest BCUT2D eigenvalue weighted by Gasteiger charge is 2.31. The number of aromatic nitrogens is 2. The average molecular weight is 480 g/mol. The van der Waals surface area contributed by atoms with Crippen molar-refractivity contribution in [1.29, 1.82) is 0 Å². The summed E-state index contributed by atoms with van der Waals surface area (Å²) in [5.74, 6) is 0.749.